The average molecular weight is 541 g/mol. The number of hydrogen-bond donors (Lipinski definition) is 0. The lowest BCUT2D eigenvalue weighted by atomic mass is 9.76. The summed E-state index contributed by atoms with van der Waals surface area (Å²) < 4.78 is 0.166. The first-order valence-corrected chi connectivity index (χ1v) is 15.1. The summed E-state index contributed by atoms with van der Waals surface area (Å²) in [5, 5.41) is 9.89. The molecular formula is C33H42N5O2+. The number of amides is 2. The predicted octanol–water partition coefficient (Wildman–Crippen LogP) is 5.70. The van der Waals surface area contributed by atoms with Crippen LogP contribution in [0.15, 0.2) is 36.5 Å². The van der Waals surface area contributed by atoms with E-state index < -0.39 is 11.6 Å². The van der Waals surface area contributed by atoms with Gasteiger partial charge in [0.1, 0.15) is 12.1 Å². The summed E-state index contributed by atoms with van der Waals surface area (Å²) in [5.41, 5.74) is 2.82. The second-order valence-corrected chi connectivity index (χ2v) is 13.5. The maximum Gasteiger partial charge on any atom is 0.351 e. The Kier molecular flexibility index (Phi) is 6.53. The Hall–Kier alpha value is -3.24. The molecule has 7 nitrogen and oxygen atoms in total. The van der Waals surface area contributed by atoms with Crippen LogP contribution in [0.2, 0.25) is 0 Å². The number of benzene rings is 1. The molecule has 0 spiro atoms. The van der Waals surface area contributed by atoms with Gasteiger partial charge in [0.05, 0.1) is 12.6 Å². The smallest absolute Gasteiger partial charge is 0.298 e. The number of aryl methyl sites for hydroxylation is 1. The average Bonchev–Trinajstić information content (AvgIpc) is 3.52. The minimum absolute atomic E-state index is 0.0388. The quantitative estimate of drug-likeness (QED) is 0.367. The SMILES string of the molecule is CC(C)(C)c1ccc(N(C(=O)[C@H]2CCCN2C#N)C23CCCc4ccnc(c42)[N+](C)(C2CCCCC2)C3=O)cc1. The molecule has 4 aliphatic rings. The first-order valence-electron chi connectivity index (χ1n) is 15.1. The van der Waals surface area contributed by atoms with E-state index in [0.717, 1.165) is 67.6 Å². The highest BCUT2D eigenvalue weighted by Gasteiger charge is 2.69. The van der Waals surface area contributed by atoms with Crippen LogP contribution in [-0.4, -0.2) is 47.4 Å². The van der Waals surface area contributed by atoms with Crippen LogP contribution < -0.4 is 9.38 Å². The second kappa shape index (κ2) is 9.69. The molecule has 1 saturated carbocycles. The van der Waals surface area contributed by atoms with E-state index in [1.165, 1.54) is 12.0 Å². The number of likely N-dealkylation sites (N-methyl/N-ethyl adjacent to an activating group) is 1. The van der Waals surface area contributed by atoms with Crippen molar-refractivity contribution >= 4 is 23.3 Å². The molecule has 2 aliphatic heterocycles. The van der Waals surface area contributed by atoms with Gasteiger partial charge in [-0.15, -0.1) is 0 Å². The van der Waals surface area contributed by atoms with Crippen molar-refractivity contribution < 1.29 is 9.59 Å². The molecule has 2 amide bonds. The van der Waals surface area contributed by atoms with E-state index in [1.54, 1.807) is 4.90 Å². The predicted molar refractivity (Wildman–Crippen MR) is 156 cm³/mol. The lowest BCUT2D eigenvalue weighted by Crippen LogP contribution is -2.66. The fourth-order valence-corrected chi connectivity index (χ4v) is 8.05. The van der Waals surface area contributed by atoms with Gasteiger partial charge in [0.25, 0.3) is 5.91 Å². The number of nitrogens with zero attached hydrogens (tertiary/aromatic N) is 5. The Morgan fingerprint density at radius 2 is 1.80 bits per heavy atom. The Balaban J connectivity index is 1.58. The van der Waals surface area contributed by atoms with Gasteiger partial charge in [-0.25, -0.2) is 14.3 Å². The number of quaternary nitrogens is 1. The number of hydrogen-bond acceptors (Lipinski definition) is 5. The fraction of sp³-hybridized carbons (Fsp3) is 0.576. The van der Waals surface area contributed by atoms with Crippen LogP contribution in [0.4, 0.5) is 11.5 Å². The number of pyridine rings is 1. The van der Waals surface area contributed by atoms with E-state index in [9.17, 15) is 10.1 Å². The molecule has 210 valence electrons. The first-order chi connectivity index (χ1) is 19.1. The van der Waals surface area contributed by atoms with E-state index >= 15 is 4.79 Å². The molecule has 40 heavy (non-hydrogen) atoms. The van der Waals surface area contributed by atoms with Crippen molar-refractivity contribution in [3.8, 4) is 6.19 Å². The first kappa shape index (κ1) is 27.0. The van der Waals surface area contributed by atoms with Crippen LogP contribution in [-0.2, 0) is 27.0 Å². The van der Waals surface area contributed by atoms with Crippen molar-refractivity contribution in [3.63, 3.8) is 0 Å². The molecule has 0 bridgehead atoms. The molecule has 0 radical (unpaired) electrons. The zero-order valence-electron chi connectivity index (χ0n) is 24.4. The zero-order chi connectivity index (χ0) is 28.3. The number of nitriles is 1. The summed E-state index contributed by atoms with van der Waals surface area (Å²) in [7, 11) is 2.06. The lowest BCUT2D eigenvalue weighted by molar-refractivity contribution is -0.139. The molecule has 2 aliphatic carbocycles. The highest BCUT2D eigenvalue weighted by atomic mass is 16.2. The van der Waals surface area contributed by atoms with Crippen molar-refractivity contribution in [3.05, 3.63) is 53.2 Å². The van der Waals surface area contributed by atoms with Crippen LogP contribution in [0.5, 0.6) is 0 Å². The fourth-order valence-electron chi connectivity index (χ4n) is 8.05. The third-order valence-corrected chi connectivity index (χ3v) is 10.2. The van der Waals surface area contributed by atoms with E-state index in [1.807, 2.05) is 23.2 Å². The van der Waals surface area contributed by atoms with E-state index in [0.29, 0.717) is 19.4 Å². The van der Waals surface area contributed by atoms with Gasteiger partial charge in [0, 0.05) is 31.3 Å². The number of anilines is 1. The topological polar surface area (TPSA) is 77.3 Å². The van der Waals surface area contributed by atoms with Crippen LogP contribution >= 0.6 is 0 Å². The van der Waals surface area contributed by atoms with Crippen molar-refractivity contribution in [1.29, 1.82) is 5.26 Å². The Bertz CT molecular complexity index is 1370. The highest BCUT2D eigenvalue weighted by Crippen LogP contribution is 2.56. The van der Waals surface area contributed by atoms with Gasteiger partial charge in [-0.2, -0.15) is 5.26 Å². The summed E-state index contributed by atoms with van der Waals surface area (Å²) in [6.07, 6.45) is 13.2. The molecule has 3 heterocycles. The van der Waals surface area contributed by atoms with Gasteiger partial charge in [-0.1, -0.05) is 39.3 Å². The van der Waals surface area contributed by atoms with Gasteiger partial charge in [-0.3, -0.25) is 14.6 Å². The summed E-state index contributed by atoms with van der Waals surface area (Å²) in [4.78, 5) is 38.5. The summed E-state index contributed by atoms with van der Waals surface area (Å²) in [6, 6.07) is 9.86. The van der Waals surface area contributed by atoms with E-state index in [-0.39, 0.29) is 27.8 Å². The minimum atomic E-state index is -1.13. The molecule has 7 heteroatoms. The number of rotatable bonds is 4. The van der Waals surface area contributed by atoms with Crippen LogP contribution in [0, 0.1) is 11.5 Å². The summed E-state index contributed by atoms with van der Waals surface area (Å²) >= 11 is 0. The van der Waals surface area contributed by atoms with Crippen molar-refractivity contribution in [1.82, 2.24) is 14.4 Å². The number of likely N-dealkylation sites (tertiary alicyclic amines) is 1. The number of carbonyl (C=O) groups excluding carboxylic acids is 2. The zero-order valence-corrected chi connectivity index (χ0v) is 24.4. The monoisotopic (exact) mass is 540 g/mol. The van der Waals surface area contributed by atoms with Gasteiger partial charge in [0.2, 0.25) is 5.82 Å². The molecular weight excluding hydrogens is 498 g/mol. The Morgan fingerprint density at radius 1 is 1.07 bits per heavy atom. The van der Waals surface area contributed by atoms with E-state index in [4.69, 9.17) is 4.98 Å². The van der Waals surface area contributed by atoms with Crippen molar-refractivity contribution in [2.24, 2.45) is 0 Å². The lowest BCUT2D eigenvalue weighted by Gasteiger charge is -2.44. The normalized spacial score (nSPS) is 28.3. The molecule has 1 saturated heterocycles. The summed E-state index contributed by atoms with van der Waals surface area (Å²) in [5.74, 6) is 0.765. The molecule has 0 N–H and O–H groups in total. The van der Waals surface area contributed by atoms with Crippen LogP contribution in [0.25, 0.3) is 0 Å². The van der Waals surface area contributed by atoms with Gasteiger partial charge >= 0.3 is 5.91 Å². The third kappa shape index (κ3) is 3.83. The maximum absolute atomic E-state index is 15.3. The third-order valence-electron chi connectivity index (χ3n) is 10.2. The Labute approximate surface area is 238 Å². The number of aromatic nitrogens is 1. The maximum atomic E-state index is 15.3. The van der Waals surface area contributed by atoms with Crippen molar-refractivity contribution in [2.75, 3.05) is 18.5 Å². The highest BCUT2D eigenvalue weighted by molar-refractivity contribution is 6.13. The molecule has 1 aromatic heterocycles. The molecule has 6 rings (SSSR count). The molecule has 1 aromatic carbocycles. The van der Waals surface area contributed by atoms with Gasteiger partial charge < -0.3 is 0 Å². The summed E-state index contributed by atoms with van der Waals surface area (Å²) in [6.45, 7) is 7.10. The molecule has 2 unspecified atom stereocenters. The Morgan fingerprint density at radius 3 is 2.48 bits per heavy atom. The van der Waals surface area contributed by atoms with Gasteiger partial charge in [0.15, 0.2) is 11.7 Å². The number of carbonyl (C=O) groups is 2. The standard InChI is InChI=1S/C33H42N5O2/c1-32(2,3)24-14-16-25(17-15-24)37(30(39)27-13-9-21-36(27)22-34)33-19-8-10-23-18-20-35-29(28(23)33)38(4,31(33)40)26-11-6-5-7-12-26/h14-18,20,26-27H,5-13,19,21H2,1-4H3/q+1/t27-,33?,38?/m1/s1. The molecule has 2 fully saturated rings. The second-order valence-electron chi connectivity index (χ2n) is 13.5. The van der Waals surface area contributed by atoms with Crippen LogP contribution in [0.3, 0.4) is 0 Å². The van der Waals surface area contributed by atoms with Crippen molar-refractivity contribution in [2.45, 2.75) is 108 Å². The minimum Gasteiger partial charge on any atom is -0.298 e. The largest absolute Gasteiger partial charge is 0.351 e. The molecule has 2 aromatic rings. The van der Waals surface area contributed by atoms with E-state index in [2.05, 4.69) is 52.2 Å². The van der Waals surface area contributed by atoms with Gasteiger partial charge in [-0.05, 0) is 79.7 Å². The molecule has 3 atom stereocenters. The van der Waals surface area contributed by atoms with Crippen LogP contribution in [0.1, 0.15) is 95.2 Å².